The van der Waals surface area contributed by atoms with E-state index in [9.17, 15) is 9.59 Å². The molecular formula is C20H30N4O4S. The minimum absolute atomic E-state index is 0.114. The quantitative estimate of drug-likeness (QED) is 0.652. The van der Waals surface area contributed by atoms with Crippen molar-refractivity contribution in [1.29, 1.82) is 0 Å². The van der Waals surface area contributed by atoms with E-state index >= 15 is 0 Å². The zero-order chi connectivity index (χ0) is 21.1. The summed E-state index contributed by atoms with van der Waals surface area (Å²) in [6.45, 7) is 2.15. The number of carbonyl (C=O) groups is 2. The van der Waals surface area contributed by atoms with Crippen molar-refractivity contribution in [3.63, 3.8) is 0 Å². The topological polar surface area (TPSA) is 83.1 Å². The van der Waals surface area contributed by atoms with Crippen LogP contribution in [-0.4, -0.2) is 67.3 Å². The summed E-state index contributed by atoms with van der Waals surface area (Å²) in [5.41, 5.74) is 0.953. The van der Waals surface area contributed by atoms with Gasteiger partial charge in [0.15, 0.2) is 11.5 Å². The lowest BCUT2D eigenvalue weighted by Gasteiger charge is -2.50. The molecule has 2 aliphatic heterocycles. The lowest BCUT2D eigenvalue weighted by atomic mass is 9.96. The Labute approximate surface area is 176 Å². The summed E-state index contributed by atoms with van der Waals surface area (Å²) in [7, 11) is 6.49. The second-order valence-electron chi connectivity index (χ2n) is 7.29. The first kappa shape index (κ1) is 21.7. The summed E-state index contributed by atoms with van der Waals surface area (Å²) in [5, 5.41) is 6.91. The summed E-state index contributed by atoms with van der Waals surface area (Å²) >= 11 is 1.74. The van der Waals surface area contributed by atoms with Crippen molar-refractivity contribution in [2.24, 2.45) is 5.92 Å². The number of urea groups is 1. The number of rotatable bonds is 7. The van der Waals surface area contributed by atoms with Crippen molar-refractivity contribution < 1.29 is 19.1 Å². The molecule has 0 bridgehead atoms. The molecular weight excluding hydrogens is 392 g/mol. The molecule has 0 aliphatic carbocycles. The first-order chi connectivity index (χ1) is 13.9. The van der Waals surface area contributed by atoms with E-state index in [1.165, 1.54) is 4.90 Å². The Bertz CT molecular complexity index is 762. The number of amides is 3. The first-order valence-corrected chi connectivity index (χ1v) is 10.9. The fraction of sp³-hybridized carbons (Fsp3) is 0.600. The Morgan fingerprint density at radius 1 is 1.10 bits per heavy atom. The van der Waals surface area contributed by atoms with Crippen LogP contribution in [0.25, 0.3) is 0 Å². The van der Waals surface area contributed by atoms with Crippen LogP contribution >= 0.6 is 11.8 Å². The average molecular weight is 423 g/mol. The Morgan fingerprint density at radius 2 is 1.83 bits per heavy atom. The van der Waals surface area contributed by atoms with E-state index in [1.54, 1.807) is 45.0 Å². The molecule has 1 aromatic carbocycles. The normalized spacial score (nSPS) is 27.1. The standard InChI is InChI=1S/C20H30N4O4S/c1-6-7-10-29-18-15-17(23(2)20(26)24(3)19(15)25)21-16(22-18)12-8-9-13(27-4)14(11-12)28-5/h8-9,11,15-18,21-22H,6-7,10H2,1-5H3. The molecule has 3 rings (SSSR count). The molecule has 9 heteroatoms. The van der Waals surface area contributed by atoms with Gasteiger partial charge in [-0.1, -0.05) is 19.4 Å². The Balaban J connectivity index is 1.91. The van der Waals surface area contributed by atoms with Crippen LogP contribution in [0.5, 0.6) is 11.5 Å². The third kappa shape index (κ3) is 4.17. The molecule has 29 heavy (non-hydrogen) atoms. The molecule has 0 radical (unpaired) electrons. The lowest BCUT2D eigenvalue weighted by molar-refractivity contribution is -0.140. The van der Waals surface area contributed by atoms with Gasteiger partial charge in [-0.15, -0.1) is 11.8 Å². The maximum atomic E-state index is 12.9. The molecule has 4 unspecified atom stereocenters. The number of methoxy groups -OCH3 is 2. The van der Waals surface area contributed by atoms with Gasteiger partial charge in [0.2, 0.25) is 5.91 Å². The predicted octanol–water partition coefficient (Wildman–Crippen LogP) is 2.22. The van der Waals surface area contributed by atoms with E-state index in [2.05, 4.69) is 17.6 Å². The van der Waals surface area contributed by atoms with E-state index in [-0.39, 0.29) is 35.6 Å². The number of nitrogens with one attached hydrogen (secondary N) is 2. The molecule has 0 saturated carbocycles. The molecule has 2 fully saturated rings. The van der Waals surface area contributed by atoms with Crippen molar-refractivity contribution in [3.8, 4) is 11.5 Å². The highest BCUT2D eigenvalue weighted by Crippen LogP contribution is 2.36. The maximum absolute atomic E-state index is 12.9. The zero-order valence-electron chi connectivity index (χ0n) is 17.6. The van der Waals surface area contributed by atoms with Crippen molar-refractivity contribution >= 4 is 23.7 Å². The Kier molecular flexibility index (Phi) is 6.92. The van der Waals surface area contributed by atoms with Gasteiger partial charge in [0.1, 0.15) is 0 Å². The van der Waals surface area contributed by atoms with Gasteiger partial charge in [0, 0.05) is 14.1 Å². The second-order valence-corrected chi connectivity index (χ2v) is 8.54. The van der Waals surface area contributed by atoms with Crippen LogP contribution in [0, 0.1) is 5.92 Å². The van der Waals surface area contributed by atoms with Crippen LogP contribution in [0.1, 0.15) is 31.5 Å². The fourth-order valence-electron chi connectivity index (χ4n) is 3.78. The number of ether oxygens (including phenoxy) is 2. The van der Waals surface area contributed by atoms with Crippen molar-refractivity contribution in [3.05, 3.63) is 23.8 Å². The summed E-state index contributed by atoms with van der Waals surface area (Å²) in [5.74, 6) is 1.72. The fourth-order valence-corrected chi connectivity index (χ4v) is 5.19. The van der Waals surface area contributed by atoms with E-state index in [1.807, 2.05) is 18.2 Å². The second kappa shape index (κ2) is 9.23. The van der Waals surface area contributed by atoms with Crippen LogP contribution in [-0.2, 0) is 4.79 Å². The molecule has 8 nitrogen and oxygen atoms in total. The van der Waals surface area contributed by atoms with Gasteiger partial charge in [-0.3, -0.25) is 20.3 Å². The predicted molar refractivity (Wildman–Crippen MR) is 113 cm³/mol. The van der Waals surface area contributed by atoms with E-state index in [4.69, 9.17) is 9.47 Å². The first-order valence-electron chi connectivity index (χ1n) is 9.82. The molecule has 2 N–H and O–H groups in total. The zero-order valence-corrected chi connectivity index (χ0v) is 18.4. The van der Waals surface area contributed by atoms with Crippen molar-refractivity contribution in [1.82, 2.24) is 20.4 Å². The molecule has 0 aromatic heterocycles. The number of imide groups is 1. The maximum Gasteiger partial charge on any atom is 0.327 e. The third-order valence-corrected chi connectivity index (χ3v) is 6.81. The van der Waals surface area contributed by atoms with Crippen LogP contribution in [0.2, 0.25) is 0 Å². The van der Waals surface area contributed by atoms with Crippen molar-refractivity contribution in [2.75, 3.05) is 34.1 Å². The van der Waals surface area contributed by atoms with E-state index in [0.717, 1.165) is 24.2 Å². The number of unbranched alkanes of at least 4 members (excludes halogenated alkanes) is 1. The summed E-state index contributed by atoms with van der Waals surface area (Å²) < 4.78 is 10.8. The van der Waals surface area contributed by atoms with Crippen LogP contribution in [0.3, 0.4) is 0 Å². The molecule has 1 aromatic rings. The monoisotopic (exact) mass is 422 g/mol. The third-order valence-electron chi connectivity index (χ3n) is 5.49. The summed E-state index contributed by atoms with van der Waals surface area (Å²) in [4.78, 5) is 28.3. The molecule has 3 amide bonds. The Morgan fingerprint density at radius 3 is 2.48 bits per heavy atom. The van der Waals surface area contributed by atoms with E-state index in [0.29, 0.717) is 11.5 Å². The molecule has 2 heterocycles. The van der Waals surface area contributed by atoms with Crippen molar-refractivity contribution in [2.45, 2.75) is 37.5 Å². The average Bonchev–Trinajstić information content (AvgIpc) is 2.75. The highest BCUT2D eigenvalue weighted by molar-refractivity contribution is 7.99. The van der Waals surface area contributed by atoms with Gasteiger partial charge in [0.05, 0.1) is 37.8 Å². The number of hydrogen-bond donors (Lipinski definition) is 2. The van der Waals surface area contributed by atoms with Gasteiger partial charge in [-0.2, -0.15) is 0 Å². The largest absolute Gasteiger partial charge is 0.493 e. The number of nitrogens with zero attached hydrogens (tertiary/aromatic N) is 2. The highest BCUT2D eigenvalue weighted by Gasteiger charge is 2.50. The SMILES string of the molecule is CCCCSC1NC(c2ccc(OC)c(OC)c2)NC2C1C(=O)N(C)C(=O)N2C. The van der Waals surface area contributed by atoms with Gasteiger partial charge < -0.3 is 14.4 Å². The minimum atomic E-state index is -0.385. The minimum Gasteiger partial charge on any atom is -0.493 e. The van der Waals surface area contributed by atoms with Crippen LogP contribution in [0.15, 0.2) is 18.2 Å². The lowest BCUT2D eigenvalue weighted by Crippen LogP contribution is -2.72. The Hall–Kier alpha value is -1.97. The van der Waals surface area contributed by atoms with Crippen LogP contribution < -0.4 is 20.1 Å². The number of hydrogen-bond acceptors (Lipinski definition) is 7. The number of carbonyl (C=O) groups excluding carboxylic acids is 2. The summed E-state index contributed by atoms with van der Waals surface area (Å²) in [6.07, 6.45) is 1.55. The molecule has 0 spiro atoms. The number of benzene rings is 1. The highest BCUT2D eigenvalue weighted by atomic mass is 32.2. The van der Waals surface area contributed by atoms with Crippen LogP contribution in [0.4, 0.5) is 4.79 Å². The van der Waals surface area contributed by atoms with E-state index < -0.39 is 0 Å². The number of fused-ring (bicyclic) bond motifs is 1. The summed E-state index contributed by atoms with van der Waals surface area (Å²) in [6, 6.07) is 5.43. The van der Waals surface area contributed by atoms with Gasteiger partial charge in [0.25, 0.3) is 0 Å². The molecule has 2 aliphatic rings. The van der Waals surface area contributed by atoms with Gasteiger partial charge in [-0.25, -0.2) is 4.79 Å². The van der Waals surface area contributed by atoms with Gasteiger partial charge in [-0.05, 0) is 29.9 Å². The number of thioether (sulfide) groups is 1. The molecule has 4 atom stereocenters. The smallest absolute Gasteiger partial charge is 0.327 e. The van der Waals surface area contributed by atoms with Gasteiger partial charge >= 0.3 is 6.03 Å². The molecule has 160 valence electrons. The molecule has 2 saturated heterocycles.